The van der Waals surface area contributed by atoms with Gasteiger partial charge in [0.2, 0.25) is 5.43 Å². The van der Waals surface area contributed by atoms with Crippen LogP contribution in [0.3, 0.4) is 0 Å². The highest BCUT2D eigenvalue weighted by Crippen LogP contribution is 2.20. The van der Waals surface area contributed by atoms with E-state index >= 15 is 0 Å². The lowest BCUT2D eigenvalue weighted by Crippen LogP contribution is -2.24. The van der Waals surface area contributed by atoms with Gasteiger partial charge >= 0.3 is 12.1 Å². The van der Waals surface area contributed by atoms with Crippen LogP contribution in [0.25, 0.3) is 11.1 Å². The minimum atomic E-state index is -4.52. The molecule has 0 saturated heterocycles. The summed E-state index contributed by atoms with van der Waals surface area (Å²) in [5.74, 6) is -1.56. The number of aromatic carboxylic acids is 1. The number of hydrogen-bond acceptors (Lipinski definition) is 2. The number of aromatic nitrogens is 1. The summed E-state index contributed by atoms with van der Waals surface area (Å²) in [5.41, 5.74) is -1.23. The van der Waals surface area contributed by atoms with E-state index in [-0.39, 0.29) is 5.56 Å². The highest BCUT2D eigenvalue weighted by Gasteiger charge is 2.28. The molecule has 2 aromatic rings. The number of halogens is 3. The fourth-order valence-electron chi connectivity index (χ4n) is 1.91. The zero-order valence-corrected chi connectivity index (χ0v) is 10.6. The molecular weight excluding hydrogens is 287 g/mol. The molecule has 110 valence electrons. The van der Waals surface area contributed by atoms with Crippen LogP contribution in [0, 0.1) is 0 Å². The molecule has 2 rings (SSSR count). The predicted octanol–water partition coefficient (Wildman–Crippen LogP) is 2.78. The maximum Gasteiger partial charge on any atom is 0.406 e. The number of hydrogen-bond donors (Lipinski definition) is 1. The summed E-state index contributed by atoms with van der Waals surface area (Å²) >= 11 is 0. The molecule has 0 radical (unpaired) electrons. The van der Waals surface area contributed by atoms with Crippen molar-refractivity contribution in [2.45, 2.75) is 12.7 Å². The van der Waals surface area contributed by atoms with E-state index in [0.717, 1.165) is 6.20 Å². The van der Waals surface area contributed by atoms with Crippen molar-refractivity contribution >= 4 is 5.97 Å². The number of carboxylic acid groups (broad SMARTS) is 1. The lowest BCUT2D eigenvalue weighted by atomic mass is 10.1. The fourth-order valence-corrected chi connectivity index (χ4v) is 1.91. The summed E-state index contributed by atoms with van der Waals surface area (Å²) < 4.78 is 38.0. The third kappa shape index (κ3) is 3.50. The van der Waals surface area contributed by atoms with E-state index in [9.17, 15) is 22.8 Å². The molecule has 0 aliphatic carbocycles. The molecule has 0 unspecified atom stereocenters. The van der Waals surface area contributed by atoms with Gasteiger partial charge in [-0.3, -0.25) is 4.79 Å². The Balaban J connectivity index is 2.64. The van der Waals surface area contributed by atoms with Crippen LogP contribution >= 0.6 is 0 Å². The van der Waals surface area contributed by atoms with E-state index in [4.69, 9.17) is 5.11 Å². The summed E-state index contributed by atoms with van der Waals surface area (Å²) in [5, 5.41) is 8.97. The Labute approximate surface area is 117 Å². The summed E-state index contributed by atoms with van der Waals surface area (Å²) in [6, 6.07) is 7.95. The Morgan fingerprint density at radius 2 is 1.76 bits per heavy atom. The van der Waals surface area contributed by atoms with Crippen molar-refractivity contribution in [3.63, 3.8) is 0 Å². The van der Waals surface area contributed by atoms with Crippen LogP contribution in [0.1, 0.15) is 10.4 Å². The molecule has 4 nitrogen and oxygen atoms in total. The second-order valence-electron chi connectivity index (χ2n) is 4.37. The van der Waals surface area contributed by atoms with Crippen molar-refractivity contribution in [1.82, 2.24) is 4.57 Å². The summed E-state index contributed by atoms with van der Waals surface area (Å²) in [4.78, 5) is 23.1. The standard InChI is InChI=1S/C14H10F3NO3/c15-14(16,17)8-18-6-10(9-4-2-1-3-5-9)12(19)11(7-18)13(20)21/h1-7H,8H2,(H,20,21). The largest absolute Gasteiger partial charge is 0.477 e. The number of carbonyl (C=O) groups is 1. The molecule has 1 aromatic heterocycles. The third-order valence-corrected chi connectivity index (χ3v) is 2.76. The second kappa shape index (κ2) is 5.43. The Hall–Kier alpha value is -2.57. The van der Waals surface area contributed by atoms with Crippen LogP contribution in [-0.2, 0) is 6.54 Å². The maximum absolute atomic E-state index is 12.5. The SMILES string of the molecule is O=C(O)c1cn(CC(F)(F)F)cc(-c2ccccc2)c1=O. The van der Waals surface area contributed by atoms with Crippen molar-refractivity contribution in [3.8, 4) is 11.1 Å². The van der Waals surface area contributed by atoms with E-state index in [2.05, 4.69) is 0 Å². The minimum Gasteiger partial charge on any atom is -0.477 e. The van der Waals surface area contributed by atoms with Gasteiger partial charge in [0, 0.05) is 18.0 Å². The van der Waals surface area contributed by atoms with Crippen molar-refractivity contribution in [3.05, 3.63) is 58.5 Å². The quantitative estimate of drug-likeness (QED) is 0.947. The molecule has 0 aliphatic heterocycles. The van der Waals surface area contributed by atoms with Gasteiger partial charge < -0.3 is 9.67 Å². The van der Waals surface area contributed by atoms with Gasteiger partial charge in [0.05, 0.1) is 0 Å². The summed E-state index contributed by atoms with van der Waals surface area (Å²) in [7, 11) is 0. The van der Waals surface area contributed by atoms with Gasteiger partial charge in [0.15, 0.2) is 0 Å². The number of rotatable bonds is 3. The average Bonchev–Trinajstić information content (AvgIpc) is 2.39. The Morgan fingerprint density at radius 1 is 1.14 bits per heavy atom. The minimum absolute atomic E-state index is 0.0836. The van der Waals surface area contributed by atoms with Gasteiger partial charge in [0.1, 0.15) is 12.1 Å². The van der Waals surface area contributed by atoms with Crippen LogP contribution < -0.4 is 5.43 Å². The number of carboxylic acids is 1. The lowest BCUT2D eigenvalue weighted by Gasteiger charge is -2.13. The van der Waals surface area contributed by atoms with E-state index < -0.39 is 29.7 Å². The van der Waals surface area contributed by atoms with Crippen LogP contribution in [0.4, 0.5) is 13.2 Å². The van der Waals surface area contributed by atoms with Gasteiger partial charge in [-0.25, -0.2) is 4.79 Å². The van der Waals surface area contributed by atoms with Gasteiger partial charge in [-0.15, -0.1) is 0 Å². The normalized spacial score (nSPS) is 11.4. The zero-order valence-electron chi connectivity index (χ0n) is 10.6. The molecule has 0 amide bonds. The molecule has 1 aromatic carbocycles. The average molecular weight is 297 g/mol. The Kier molecular flexibility index (Phi) is 3.84. The topological polar surface area (TPSA) is 59.3 Å². The Morgan fingerprint density at radius 3 is 2.29 bits per heavy atom. The molecule has 0 atom stereocenters. The molecule has 1 heterocycles. The van der Waals surface area contributed by atoms with Crippen molar-refractivity contribution in [2.75, 3.05) is 0 Å². The van der Waals surface area contributed by atoms with Gasteiger partial charge in [-0.1, -0.05) is 30.3 Å². The predicted molar refractivity (Wildman–Crippen MR) is 69.2 cm³/mol. The number of alkyl halides is 3. The van der Waals surface area contributed by atoms with Crippen LogP contribution in [0.5, 0.6) is 0 Å². The first kappa shape index (κ1) is 14.8. The van der Waals surface area contributed by atoms with E-state index in [1.165, 1.54) is 12.1 Å². The molecule has 1 N–H and O–H groups in total. The number of benzene rings is 1. The first-order valence-electron chi connectivity index (χ1n) is 5.87. The highest BCUT2D eigenvalue weighted by atomic mass is 19.4. The molecule has 0 bridgehead atoms. The number of pyridine rings is 1. The second-order valence-corrected chi connectivity index (χ2v) is 4.37. The van der Waals surface area contributed by atoms with Crippen LogP contribution in [0.15, 0.2) is 47.5 Å². The van der Waals surface area contributed by atoms with Gasteiger partial charge in [0.25, 0.3) is 0 Å². The highest BCUT2D eigenvalue weighted by molar-refractivity contribution is 5.88. The van der Waals surface area contributed by atoms with Gasteiger partial charge in [-0.05, 0) is 5.56 Å². The van der Waals surface area contributed by atoms with Crippen LogP contribution in [0.2, 0.25) is 0 Å². The lowest BCUT2D eigenvalue weighted by molar-refractivity contribution is -0.140. The van der Waals surface area contributed by atoms with E-state index in [0.29, 0.717) is 16.3 Å². The smallest absolute Gasteiger partial charge is 0.406 e. The number of nitrogens with zero attached hydrogens (tertiary/aromatic N) is 1. The maximum atomic E-state index is 12.5. The monoisotopic (exact) mass is 297 g/mol. The first-order valence-corrected chi connectivity index (χ1v) is 5.87. The molecule has 0 fully saturated rings. The summed E-state index contributed by atoms with van der Waals surface area (Å²) in [6.07, 6.45) is -2.80. The van der Waals surface area contributed by atoms with Crippen molar-refractivity contribution < 1.29 is 23.1 Å². The molecule has 0 spiro atoms. The molecule has 0 aliphatic rings. The Bertz CT molecular complexity index is 720. The van der Waals surface area contributed by atoms with Gasteiger partial charge in [-0.2, -0.15) is 13.2 Å². The van der Waals surface area contributed by atoms with E-state index in [1.807, 2.05) is 0 Å². The molecule has 21 heavy (non-hydrogen) atoms. The zero-order chi connectivity index (χ0) is 15.6. The van der Waals surface area contributed by atoms with Crippen molar-refractivity contribution in [2.24, 2.45) is 0 Å². The van der Waals surface area contributed by atoms with Crippen molar-refractivity contribution in [1.29, 1.82) is 0 Å². The van der Waals surface area contributed by atoms with E-state index in [1.54, 1.807) is 18.2 Å². The third-order valence-electron chi connectivity index (χ3n) is 2.76. The first-order chi connectivity index (χ1) is 9.78. The fraction of sp³-hybridized carbons (Fsp3) is 0.143. The van der Waals surface area contributed by atoms with Crippen LogP contribution in [-0.4, -0.2) is 21.8 Å². The molecular formula is C14H10F3NO3. The molecule has 7 heteroatoms. The summed E-state index contributed by atoms with van der Waals surface area (Å²) in [6.45, 7) is -1.37. The molecule has 0 saturated carbocycles.